The van der Waals surface area contributed by atoms with Crippen LogP contribution in [0.1, 0.15) is 13.3 Å². The Morgan fingerprint density at radius 3 is 2.60 bits per heavy atom. The molecule has 0 aromatic rings. The summed E-state index contributed by atoms with van der Waals surface area (Å²) in [5.41, 5.74) is 5.13. The Morgan fingerprint density at radius 1 is 1.80 bits per heavy atom. The third-order valence-corrected chi connectivity index (χ3v) is 1.24. The lowest BCUT2D eigenvalue weighted by molar-refractivity contribution is -0.138. The Hall–Kier alpha value is -0.640. The summed E-state index contributed by atoms with van der Waals surface area (Å²) in [7, 11) is 0. The molecule has 0 aliphatic rings. The minimum atomic E-state index is -1.07. The van der Waals surface area contributed by atoms with Crippen LogP contribution in [0.5, 0.6) is 0 Å². The Bertz CT molecular complexity index is 118. The average molecular weight is 149 g/mol. The Labute approximate surface area is 59.0 Å². The Balaban J connectivity index is 3.56. The van der Waals surface area contributed by atoms with Gasteiger partial charge in [0.2, 0.25) is 0 Å². The first kappa shape index (κ1) is 9.36. The van der Waals surface area contributed by atoms with Crippen LogP contribution in [0.2, 0.25) is 0 Å². The molecule has 0 aliphatic carbocycles. The third-order valence-electron chi connectivity index (χ3n) is 1.24. The highest BCUT2D eigenvalue weighted by atomic mass is 19.1. The molecule has 60 valence electrons. The quantitative estimate of drug-likeness (QED) is 0.608. The molecule has 0 radical (unpaired) electrons. The van der Waals surface area contributed by atoms with Gasteiger partial charge in [0, 0.05) is 0 Å². The van der Waals surface area contributed by atoms with E-state index in [0.717, 1.165) is 0 Å². The molecule has 0 rings (SSSR count). The van der Waals surface area contributed by atoms with Crippen LogP contribution in [-0.2, 0) is 4.79 Å². The van der Waals surface area contributed by atoms with Crippen molar-refractivity contribution in [1.29, 1.82) is 0 Å². The molecule has 0 fully saturated rings. The molecule has 0 spiro atoms. The molecule has 0 aromatic carbocycles. The van der Waals surface area contributed by atoms with Crippen molar-refractivity contribution in [2.24, 2.45) is 11.7 Å². The van der Waals surface area contributed by atoms with E-state index in [-0.39, 0.29) is 12.3 Å². The molecule has 10 heavy (non-hydrogen) atoms. The van der Waals surface area contributed by atoms with Crippen molar-refractivity contribution in [2.45, 2.75) is 19.4 Å². The monoisotopic (exact) mass is 149 g/mol. The molecule has 0 amide bonds. The van der Waals surface area contributed by atoms with E-state index in [2.05, 4.69) is 0 Å². The summed E-state index contributed by atoms with van der Waals surface area (Å²) < 4.78 is 11.8. The van der Waals surface area contributed by atoms with Crippen molar-refractivity contribution >= 4 is 5.97 Å². The Morgan fingerprint density at radius 2 is 2.30 bits per heavy atom. The molecule has 4 heteroatoms. The zero-order valence-electron chi connectivity index (χ0n) is 5.88. The summed E-state index contributed by atoms with van der Waals surface area (Å²) >= 11 is 0. The molecule has 0 saturated heterocycles. The standard InChI is InChI=1S/C6H12FNO2/c1-4(3-7)2-5(8)6(9)10/h4-5H,2-3,8H2,1H3,(H,9,10). The highest BCUT2D eigenvalue weighted by molar-refractivity contribution is 5.72. The van der Waals surface area contributed by atoms with Crippen molar-refractivity contribution in [2.75, 3.05) is 6.67 Å². The largest absolute Gasteiger partial charge is 0.480 e. The molecule has 0 saturated carbocycles. The van der Waals surface area contributed by atoms with Crippen molar-refractivity contribution in [3.63, 3.8) is 0 Å². The van der Waals surface area contributed by atoms with Crippen molar-refractivity contribution in [1.82, 2.24) is 0 Å². The summed E-state index contributed by atoms with van der Waals surface area (Å²) in [6.07, 6.45) is 0.200. The highest BCUT2D eigenvalue weighted by Crippen LogP contribution is 2.04. The lowest BCUT2D eigenvalue weighted by Gasteiger charge is -2.09. The smallest absolute Gasteiger partial charge is 0.320 e. The number of aliphatic carboxylic acids is 1. The van der Waals surface area contributed by atoms with Crippen LogP contribution >= 0.6 is 0 Å². The van der Waals surface area contributed by atoms with Gasteiger partial charge in [-0.1, -0.05) is 6.92 Å². The van der Waals surface area contributed by atoms with E-state index >= 15 is 0 Å². The van der Waals surface area contributed by atoms with E-state index in [1.165, 1.54) is 0 Å². The number of rotatable bonds is 4. The van der Waals surface area contributed by atoms with Gasteiger partial charge in [0.05, 0.1) is 6.67 Å². The SMILES string of the molecule is CC(CF)CC(N)C(=O)O. The fourth-order valence-corrected chi connectivity index (χ4v) is 0.597. The van der Waals surface area contributed by atoms with Gasteiger partial charge < -0.3 is 10.8 Å². The highest BCUT2D eigenvalue weighted by Gasteiger charge is 2.14. The van der Waals surface area contributed by atoms with Crippen LogP contribution in [-0.4, -0.2) is 23.8 Å². The van der Waals surface area contributed by atoms with E-state index in [1.807, 2.05) is 0 Å². The normalized spacial score (nSPS) is 16.3. The lowest BCUT2D eigenvalue weighted by Crippen LogP contribution is -2.32. The Kier molecular flexibility index (Phi) is 3.95. The molecular weight excluding hydrogens is 137 g/mol. The maximum atomic E-state index is 11.8. The third kappa shape index (κ3) is 3.40. The van der Waals surface area contributed by atoms with Gasteiger partial charge in [-0.15, -0.1) is 0 Å². The van der Waals surface area contributed by atoms with Crippen molar-refractivity contribution < 1.29 is 14.3 Å². The van der Waals surface area contributed by atoms with Crippen LogP contribution in [0.15, 0.2) is 0 Å². The predicted octanol–water partition coefficient (Wildman–Crippen LogP) is 0.394. The summed E-state index contributed by atoms with van der Waals surface area (Å²) in [5.74, 6) is -1.33. The number of carbonyl (C=O) groups is 1. The van der Waals surface area contributed by atoms with Crippen molar-refractivity contribution in [3.05, 3.63) is 0 Å². The molecule has 3 nitrogen and oxygen atoms in total. The fraction of sp³-hybridized carbons (Fsp3) is 0.833. The summed E-state index contributed by atoms with van der Waals surface area (Å²) in [4.78, 5) is 10.1. The van der Waals surface area contributed by atoms with Crippen LogP contribution in [0.4, 0.5) is 4.39 Å². The van der Waals surface area contributed by atoms with Gasteiger partial charge in [0.1, 0.15) is 6.04 Å². The number of hydrogen-bond acceptors (Lipinski definition) is 2. The summed E-state index contributed by atoms with van der Waals surface area (Å²) in [5, 5.41) is 8.28. The van der Waals surface area contributed by atoms with E-state index < -0.39 is 18.7 Å². The van der Waals surface area contributed by atoms with Crippen LogP contribution in [0, 0.1) is 5.92 Å². The van der Waals surface area contributed by atoms with E-state index in [9.17, 15) is 9.18 Å². The molecule has 2 unspecified atom stereocenters. The van der Waals surface area contributed by atoms with Gasteiger partial charge in [-0.05, 0) is 12.3 Å². The minimum absolute atomic E-state index is 0.200. The first-order chi connectivity index (χ1) is 4.57. The zero-order chi connectivity index (χ0) is 8.15. The number of hydrogen-bond donors (Lipinski definition) is 2. The number of alkyl halides is 1. The van der Waals surface area contributed by atoms with E-state index in [4.69, 9.17) is 10.8 Å². The number of carboxylic acids is 1. The summed E-state index contributed by atoms with van der Waals surface area (Å²) in [6, 6.07) is -0.925. The van der Waals surface area contributed by atoms with Crippen LogP contribution in [0.3, 0.4) is 0 Å². The molecule has 0 aliphatic heterocycles. The molecular formula is C6H12FNO2. The van der Waals surface area contributed by atoms with E-state index in [1.54, 1.807) is 6.92 Å². The first-order valence-corrected chi connectivity index (χ1v) is 3.12. The van der Waals surface area contributed by atoms with Gasteiger partial charge in [-0.25, -0.2) is 0 Å². The molecule has 0 bridgehead atoms. The zero-order valence-corrected chi connectivity index (χ0v) is 5.88. The lowest BCUT2D eigenvalue weighted by atomic mass is 10.0. The minimum Gasteiger partial charge on any atom is -0.480 e. The molecule has 2 atom stereocenters. The predicted molar refractivity (Wildman–Crippen MR) is 35.4 cm³/mol. The second-order valence-corrected chi connectivity index (χ2v) is 2.44. The van der Waals surface area contributed by atoms with E-state index in [0.29, 0.717) is 0 Å². The van der Waals surface area contributed by atoms with Gasteiger partial charge in [0.15, 0.2) is 0 Å². The second-order valence-electron chi connectivity index (χ2n) is 2.44. The van der Waals surface area contributed by atoms with Crippen LogP contribution in [0.25, 0.3) is 0 Å². The fourth-order valence-electron chi connectivity index (χ4n) is 0.597. The van der Waals surface area contributed by atoms with Gasteiger partial charge in [-0.3, -0.25) is 9.18 Å². The second kappa shape index (κ2) is 4.22. The van der Waals surface area contributed by atoms with Gasteiger partial charge >= 0.3 is 5.97 Å². The molecule has 3 N–H and O–H groups in total. The molecule has 0 aromatic heterocycles. The molecule has 0 heterocycles. The maximum absolute atomic E-state index is 11.8. The number of carboxylic acid groups (broad SMARTS) is 1. The topological polar surface area (TPSA) is 63.3 Å². The van der Waals surface area contributed by atoms with Gasteiger partial charge in [-0.2, -0.15) is 0 Å². The van der Waals surface area contributed by atoms with Crippen molar-refractivity contribution in [3.8, 4) is 0 Å². The van der Waals surface area contributed by atoms with Crippen LogP contribution < -0.4 is 5.73 Å². The number of nitrogens with two attached hydrogens (primary N) is 1. The maximum Gasteiger partial charge on any atom is 0.320 e. The van der Waals surface area contributed by atoms with Gasteiger partial charge in [0.25, 0.3) is 0 Å². The number of halogens is 1. The first-order valence-electron chi connectivity index (χ1n) is 3.12. The summed E-state index contributed by atoms with van der Waals surface area (Å²) in [6.45, 7) is 1.11. The average Bonchev–Trinajstić information content (AvgIpc) is 1.87.